The van der Waals surface area contributed by atoms with Crippen molar-refractivity contribution in [2.45, 2.75) is 24.3 Å². The van der Waals surface area contributed by atoms with Gasteiger partial charge in [-0.2, -0.15) is 4.31 Å². The van der Waals surface area contributed by atoms with Gasteiger partial charge >= 0.3 is 0 Å². The minimum atomic E-state index is -3.74. The normalized spacial score (nSPS) is 21.4. The third-order valence-corrected chi connectivity index (χ3v) is 5.79. The fourth-order valence-electron chi connectivity index (χ4n) is 2.37. The van der Waals surface area contributed by atoms with Crippen LogP contribution in [0.1, 0.15) is 18.9 Å². The zero-order valence-corrected chi connectivity index (χ0v) is 13.1. The summed E-state index contributed by atoms with van der Waals surface area (Å²) in [6, 6.07) is 3.40. The molecule has 1 aromatic rings. The molecule has 0 bridgehead atoms. The summed E-state index contributed by atoms with van der Waals surface area (Å²) in [5.74, 6) is -0.736. The first kappa shape index (κ1) is 16.3. The lowest BCUT2D eigenvalue weighted by atomic mass is 10.0. The van der Waals surface area contributed by atoms with Crippen molar-refractivity contribution in [1.82, 2.24) is 4.31 Å². The van der Waals surface area contributed by atoms with Crippen molar-refractivity contribution in [3.05, 3.63) is 29.6 Å². The van der Waals surface area contributed by atoms with E-state index >= 15 is 0 Å². The smallest absolute Gasteiger partial charge is 0.243 e. The number of benzene rings is 1. The van der Waals surface area contributed by atoms with Crippen LogP contribution in [0.5, 0.6) is 0 Å². The maximum Gasteiger partial charge on any atom is 0.243 e. The molecule has 0 radical (unpaired) electrons. The zero-order chi connectivity index (χ0) is 15.8. The highest BCUT2D eigenvalue weighted by Crippen LogP contribution is 2.27. The number of aliphatic hydroxyl groups is 1. The quantitative estimate of drug-likeness (QED) is 0.799. The lowest BCUT2D eigenvalue weighted by Crippen LogP contribution is -2.30. The number of hydrogen-bond donors (Lipinski definition) is 2. The summed E-state index contributed by atoms with van der Waals surface area (Å²) in [6.45, 7) is 2.22. The van der Waals surface area contributed by atoms with E-state index in [0.717, 1.165) is 12.1 Å². The van der Waals surface area contributed by atoms with E-state index in [-0.39, 0.29) is 27.9 Å². The third kappa shape index (κ3) is 3.23. The number of halogens is 1. The summed E-state index contributed by atoms with van der Waals surface area (Å²) in [5, 5.41) is 9.55. The number of nitrogens with zero attached hydrogens (tertiary/aromatic N) is 1. The Morgan fingerprint density at radius 2 is 2.24 bits per heavy atom. The van der Waals surface area contributed by atoms with Crippen LogP contribution in [0.4, 0.5) is 4.39 Å². The summed E-state index contributed by atoms with van der Waals surface area (Å²) in [7, 11) is -3.74. The van der Waals surface area contributed by atoms with Crippen molar-refractivity contribution >= 4 is 27.2 Å². The molecule has 1 fully saturated rings. The predicted octanol–water partition coefficient (Wildman–Crippen LogP) is 0.851. The molecular formula is C13H17FN2O3S2. The second-order valence-electron chi connectivity index (χ2n) is 5.16. The van der Waals surface area contributed by atoms with Crippen molar-refractivity contribution < 1.29 is 17.9 Å². The highest BCUT2D eigenvalue weighted by molar-refractivity contribution is 7.89. The summed E-state index contributed by atoms with van der Waals surface area (Å²) in [4.78, 5) is -0.231. The van der Waals surface area contributed by atoms with Crippen LogP contribution in [0.15, 0.2) is 23.1 Å². The molecule has 2 atom stereocenters. The van der Waals surface area contributed by atoms with E-state index in [4.69, 9.17) is 18.0 Å². The Bertz CT molecular complexity index is 661. The second-order valence-corrected chi connectivity index (χ2v) is 7.54. The van der Waals surface area contributed by atoms with Crippen LogP contribution in [0.3, 0.4) is 0 Å². The van der Waals surface area contributed by atoms with Gasteiger partial charge in [0.2, 0.25) is 10.0 Å². The van der Waals surface area contributed by atoms with E-state index in [1.54, 1.807) is 6.92 Å². The molecule has 0 saturated carbocycles. The summed E-state index contributed by atoms with van der Waals surface area (Å²) in [6.07, 6.45) is 0.0332. The molecule has 116 valence electrons. The zero-order valence-electron chi connectivity index (χ0n) is 11.5. The fraction of sp³-hybridized carbons (Fsp3) is 0.462. The van der Waals surface area contributed by atoms with Gasteiger partial charge in [0, 0.05) is 18.7 Å². The summed E-state index contributed by atoms with van der Waals surface area (Å²) < 4.78 is 39.9. The number of hydrogen-bond acceptors (Lipinski definition) is 4. The molecule has 2 rings (SSSR count). The molecule has 3 N–H and O–H groups in total. The molecular weight excluding hydrogens is 315 g/mol. The second kappa shape index (κ2) is 5.96. The van der Waals surface area contributed by atoms with E-state index in [1.165, 1.54) is 10.4 Å². The van der Waals surface area contributed by atoms with Gasteiger partial charge in [-0.15, -0.1) is 0 Å². The van der Waals surface area contributed by atoms with E-state index < -0.39 is 21.9 Å². The Balaban J connectivity index is 2.33. The molecule has 0 spiro atoms. The van der Waals surface area contributed by atoms with Crippen LogP contribution in [-0.2, 0) is 10.0 Å². The van der Waals surface area contributed by atoms with Crippen LogP contribution in [-0.4, -0.2) is 42.0 Å². The first-order valence-electron chi connectivity index (χ1n) is 6.51. The first-order valence-corrected chi connectivity index (χ1v) is 8.36. The predicted molar refractivity (Wildman–Crippen MR) is 80.8 cm³/mol. The number of nitrogens with two attached hydrogens (primary N) is 1. The van der Waals surface area contributed by atoms with Gasteiger partial charge in [-0.1, -0.05) is 12.2 Å². The third-order valence-electron chi connectivity index (χ3n) is 3.71. The van der Waals surface area contributed by atoms with Crippen molar-refractivity contribution in [2.75, 3.05) is 13.1 Å². The lowest BCUT2D eigenvalue weighted by molar-refractivity contribution is 0.133. The van der Waals surface area contributed by atoms with Crippen molar-refractivity contribution in [2.24, 2.45) is 11.7 Å². The molecule has 2 unspecified atom stereocenters. The Hall–Kier alpha value is -1.09. The van der Waals surface area contributed by atoms with Crippen LogP contribution in [0.25, 0.3) is 0 Å². The lowest BCUT2D eigenvalue weighted by Gasteiger charge is -2.18. The first-order chi connectivity index (χ1) is 9.73. The summed E-state index contributed by atoms with van der Waals surface area (Å²) in [5.41, 5.74) is 5.31. The van der Waals surface area contributed by atoms with Crippen molar-refractivity contribution in [3.63, 3.8) is 0 Å². The van der Waals surface area contributed by atoms with Crippen molar-refractivity contribution in [1.29, 1.82) is 0 Å². The minimum absolute atomic E-state index is 0.0436. The molecule has 1 heterocycles. The van der Waals surface area contributed by atoms with Gasteiger partial charge in [0.05, 0.1) is 11.0 Å². The average molecular weight is 332 g/mol. The van der Waals surface area contributed by atoms with Crippen LogP contribution < -0.4 is 5.73 Å². The van der Waals surface area contributed by atoms with Crippen molar-refractivity contribution in [3.8, 4) is 0 Å². The van der Waals surface area contributed by atoms with Gasteiger partial charge in [-0.3, -0.25) is 0 Å². The Morgan fingerprint density at radius 1 is 1.57 bits per heavy atom. The monoisotopic (exact) mass is 332 g/mol. The van der Waals surface area contributed by atoms with Gasteiger partial charge < -0.3 is 10.8 Å². The fourth-order valence-corrected chi connectivity index (χ4v) is 4.06. The molecule has 1 aliphatic rings. The maximum absolute atomic E-state index is 13.5. The highest BCUT2D eigenvalue weighted by atomic mass is 32.2. The van der Waals surface area contributed by atoms with Gasteiger partial charge in [-0.25, -0.2) is 12.8 Å². The Labute approximate surface area is 128 Å². The number of aliphatic hydroxyl groups excluding tert-OH is 1. The van der Waals surface area contributed by atoms with E-state index in [0.29, 0.717) is 13.0 Å². The Kier molecular flexibility index (Phi) is 4.62. The summed E-state index contributed by atoms with van der Waals surface area (Å²) >= 11 is 4.72. The SMILES string of the molecule is CC(O)C1CCN(S(=O)(=O)c2ccc(F)c(C(N)=S)c2)C1. The van der Waals surface area contributed by atoms with Crippen LogP contribution in [0, 0.1) is 11.7 Å². The van der Waals surface area contributed by atoms with Gasteiger partial charge in [0.25, 0.3) is 0 Å². The molecule has 5 nitrogen and oxygen atoms in total. The highest BCUT2D eigenvalue weighted by Gasteiger charge is 2.34. The van der Waals surface area contributed by atoms with Gasteiger partial charge in [0.1, 0.15) is 10.8 Å². The van der Waals surface area contributed by atoms with Gasteiger partial charge in [0.15, 0.2) is 0 Å². The van der Waals surface area contributed by atoms with Crippen LogP contribution >= 0.6 is 12.2 Å². The van der Waals surface area contributed by atoms with E-state index in [2.05, 4.69) is 0 Å². The van der Waals surface area contributed by atoms with E-state index in [1.807, 2.05) is 0 Å². The molecule has 1 aromatic carbocycles. The largest absolute Gasteiger partial charge is 0.393 e. The molecule has 0 amide bonds. The topological polar surface area (TPSA) is 83.6 Å². The molecule has 1 aliphatic heterocycles. The van der Waals surface area contributed by atoms with Gasteiger partial charge in [-0.05, 0) is 37.5 Å². The van der Waals surface area contributed by atoms with Crippen LogP contribution in [0.2, 0.25) is 0 Å². The molecule has 21 heavy (non-hydrogen) atoms. The average Bonchev–Trinajstić information content (AvgIpc) is 2.89. The number of rotatable bonds is 4. The molecule has 8 heteroatoms. The molecule has 1 saturated heterocycles. The molecule has 0 aromatic heterocycles. The number of thiocarbonyl (C=S) groups is 1. The standard InChI is InChI=1S/C13H17FN2O3S2/c1-8(17)9-4-5-16(7-9)21(18,19)10-2-3-12(14)11(6-10)13(15)20/h2-3,6,8-9,17H,4-5,7H2,1H3,(H2,15,20). The van der Waals surface area contributed by atoms with E-state index in [9.17, 15) is 17.9 Å². The minimum Gasteiger partial charge on any atom is -0.393 e. The number of sulfonamides is 1. The maximum atomic E-state index is 13.5. The Morgan fingerprint density at radius 3 is 2.76 bits per heavy atom. The molecule has 0 aliphatic carbocycles.